The second kappa shape index (κ2) is 10.5. The van der Waals surface area contributed by atoms with Gasteiger partial charge < -0.3 is 9.47 Å². The van der Waals surface area contributed by atoms with Gasteiger partial charge in [-0.3, -0.25) is 19.4 Å². The second-order valence-electron chi connectivity index (χ2n) is 7.30. The van der Waals surface area contributed by atoms with Crippen molar-refractivity contribution in [1.82, 2.24) is 4.98 Å². The van der Waals surface area contributed by atoms with Crippen molar-refractivity contribution < 1.29 is 23.9 Å². The van der Waals surface area contributed by atoms with Crippen LogP contribution in [-0.2, 0) is 19.1 Å². The first-order chi connectivity index (χ1) is 13.8. The first-order valence-corrected chi connectivity index (χ1v) is 9.69. The predicted octanol–water partition coefficient (Wildman–Crippen LogP) is 3.96. The molecule has 2 rings (SSSR count). The number of benzene rings is 1. The van der Waals surface area contributed by atoms with Gasteiger partial charge in [0.2, 0.25) is 0 Å². The summed E-state index contributed by atoms with van der Waals surface area (Å²) in [6.07, 6.45) is 0.664. The van der Waals surface area contributed by atoms with Crippen molar-refractivity contribution in [3.05, 3.63) is 66.0 Å². The minimum atomic E-state index is -1.29. The van der Waals surface area contributed by atoms with Gasteiger partial charge in [0.1, 0.15) is 0 Å². The molecule has 0 aliphatic heterocycles. The minimum Gasteiger partial charge on any atom is -0.462 e. The average molecular weight is 397 g/mol. The van der Waals surface area contributed by atoms with Crippen LogP contribution in [0.1, 0.15) is 56.1 Å². The molecule has 2 aromatic rings. The topological polar surface area (TPSA) is 82.6 Å². The molecule has 0 radical (unpaired) electrons. The number of carbonyl (C=O) groups excluding carboxylic acids is 3. The van der Waals surface area contributed by atoms with Crippen molar-refractivity contribution in [1.29, 1.82) is 0 Å². The molecule has 1 unspecified atom stereocenters. The van der Waals surface area contributed by atoms with Crippen LogP contribution in [0, 0.1) is 5.92 Å². The maximum absolute atomic E-state index is 12.9. The highest BCUT2D eigenvalue weighted by atomic mass is 16.6. The summed E-state index contributed by atoms with van der Waals surface area (Å²) in [6, 6.07) is 13.9. The van der Waals surface area contributed by atoms with Gasteiger partial charge in [-0.2, -0.15) is 0 Å². The summed E-state index contributed by atoms with van der Waals surface area (Å²) in [5.41, 5.74) is 0.963. The lowest BCUT2D eigenvalue weighted by Gasteiger charge is -2.25. The number of aromatic nitrogens is 1. The fourth-order valence-corrected chi connectivity index (χ4v) is 2.97. The minimum absolute atomic E-state index is 0.0773. The van der Waals surface area contributed by atoms with Crippen molar-refractivity contribution in [3.8, 4) is 0 Å². The SMILES string of the molecule is CC(C)OC(=O)C(C(=O)OC(C)C)C(CC(=O)c1ccccc1)c1ccccn1. The number of nitrogens with zero attached hydrogens (tertiary/aromatic N) is 1. The van der Waals surface area contributed by atoms with Crippen LogP contribution >= 0.6 is 0 Å². The Morgan fingerprint density at radius 2 is 1.38 bits per heavy atom. The first-order valence-electron chi connectivity index (χ1n) is 9.69. The van der Waals surface area contributed by atoms with E-state index in [2.05, 4.69) is 4.98 Å². The van der Waals surface area contributed by atoms with E-state index in [0.717, 1.165) is 0 Å². The largest absolute Gasteiger partial charge is 0.462 e. The molecule has 0 aliphatic carbocycles. The molecule has 0 saturated carbocycles. The molecule has 0 saturated heterocycles. The summed E-state index contributed by atoms with van der Waals surface area (Å²) in [6.45, 7) is 6.81. The van der Waals surface area contributed by atoms with Crippen molar-refractivity contribution in [2.45, 2.75) is 52.2 Å². The number of esters is 2. The lowest BCUT2D eigenvalue weighted by Crippen LogP contribution is -2.36. The number of Topliss-reactive ketones (excluding diaryl/α,β-unsaturated/α-hetero) is 1. The summed E-state index contributed by atoms with van der Waals surface area (Å²) < 4.78 is 10.7. The standard InChI is InChI=1S/C23H27NO5/c1-15(2)28-22(26)21(23(27)29-16(3)4)18(19-12-8-9-13-24-19)14-20(25)17-10-6-5-7-11-17/h5-13,15-16,18,21H,14H2,1-4H3. The number of hydrogen-bond donors (Lipinski definition) is 0. The zero-order chi connectivity index (χ0) is 21.4. The molecule has 0 N–H and O–H groups in total. The predicted molar refractivity (Wildman–Crippen MR) is 108 cm³/mol. The van der Waals surface area contributed by atoms with Gasteiger partial charge in [0.25, 0.3) is 0 Å². The maximum Gasteiger partial charge on any atom is 0.321 e. The highest BCUT2D eigenvalue weighted by Gasteiger charge is 2.41. The van der Waals surface area contributed by atoms with E-state index in [1.807, 2.05) is 6.07 Å². The molecule has 1 heterocycles. The molecule has 154 valence electrons. The third kappa shape index (κ3) is 6.52. The highest BCUT2D eigenvalue weighted by Crippen LogP contribution is 2.31. The van der Waals surface area contributed by atoms with Crippen molar-refractivity contribution in [2.75, 3.05) is 0 Å². The Bertz CT molecular complexity index is 796. The molecule has 1 atom stereocenters. The summed E-state index contributed by atoms with van der Waals surface area (Å²) in [4.78, 5) is 42.9. The molecule has 29 heavy (non-hydrogen) atoms. The number of ketones is 1. The lowest BCUT2D eigenvalue weighted by molar-refractivity contribution is -0.167. The van der Waals surface area contributed by atoms with Crippen molar-refractivity contribution in [2.24, 2.45) is 5.92 Å². The van der Waals surface area contributed by atoms with Gasteiger partial charge in [0.05, 0.1) is 12.2 Å². The quantitative estimate of drug-likeness (QED) is 0.362. The molecular weight excluding hydrogens is 370 g/mol. The van der Waals surface area contributed by atoms with Gasteiger partial charge in [-0.1, -0.05) is 36.4 Å². The van der Waals surface area contributed by atoms with Crippen LogP contribution in [0.4, 0.5) is 0 Å². The molecule has 0 bridgehead atoms. The van der Waals surface area contributed by atoms with Crippen LogP contribution in [0.25, 0.3) is 0 Å². The number of ether oxygens (including phenoxy) is 2. The molecule has 0 amide bonds. The molecule has 0 fully saturated rings. The number of carbonyl (C=O) groups is 3. The number of hydrogen-bond acceptors (Lipinski definition) is 6. The Kier molecular flexibility index (Phi) is 8.07. The van der Waals surface area contributed by atoms with Gasteiger partial charge in [0.15, 0.2) is 11.7 Å². The van der Waals surface area contributed by atoms with E-state index in [-0.39, 0.29) is 12.2 Å². The summed E-state index contributed by atoms with van der Waals surface area (Å²) in [5, 5.41) is 0. The monoisotopic (exact) mass is 397 g/mol. The van der Waals surface area contributed by atoms with Crippen LogP contribution in [0.15, 0.2) is 54.7 Å². The molecule has 1 aromatic heterocycles. The number of rotatable bonds is 9. The number of pyridine rings is 1. The van der Waals surface area contributed by atoms with Crippen LogP contribution in [-0.4, -0.2) is 34.9 Å². The third-order valence-corrected chi connectivity index (χ3v) is 4.18. The summed E-state index contributed by atoms with van der Waals surface area (Å²) in [7, 11) is 0. The van der Waals surface area contributed by atoms with Crippen LogP contribution in [0.5, 0.6) is 0 Å². The van der Waals surface area contributed by atoms with Gasteiger partial charge in [-0.25, -0.2) is 0 Å². The Morgan fingerprint density at radius 3 is 1.86 bits per heavy atom. The van der Waals surface area contributed by atoms with E-state index in [1.165, 1.54) is 0 Å². The fourth-order valence-electron chi connectivity index (χ4n) is 2.97. The van der Waals surface area contributed by atoms with E-state index >= 15 is 0 Å². The van der Waals surface area contributed by atoms with Gasteiger partial charge >= 0.3 is 11.9 Å². The van der Waals surface area contributed by atoms with Gasteiger partial charge in [-0.05, 0) is 39.8 Å². The summed E-state index contributed by atoms with van der Waals surface area (Å²) >= 11 is 0. The smallest absolute Gasteiger partial charge is 0.321 e. The lowest BCUT2D eigenvalue weighted by atomic mass is 9.83. The second-order valence-corrected chi connectivity index (χ2v) is 7.30. The fraction of sp³-hybridized carbons (Fsp3) is 0.391. The Balaban J connectivity index is 2.44. The van der Waals surface area contributed by atoms with Crippen LogP contribution in [0.2, 0.25) is 0 Å². The molecular formula is C23H27NO5. The molecule has 1 aromatic carbocycles. The summed E-state index contributed by atoms with van der Waals surface area (Å²) in [5.74, 6) is -3.73. The molecule has 6 nitrogen and oxygen atoms in total. The normalized spacial score (nSPS) is 12.1. The van der Waals surface area contributed by atoms with Crippen LogP contribution < -0.4 is 0 Å². The van der Waals surface area contributed by atoms with Gasteiger partial charge in [-0.15, -0.1) is 0 Å². The zero-order valence-corrected chi connectivity index (χ0v) is 17.2. The van der Waals surface area contributed by atoms with Crippen molar-refractivity contribution >= 4 is 17.7 Å². The molecule has 0 aliphatic rings. The Labute approximate surface area is 171 Å². The van der Waals surface area contributed by atoms with E-state index in [4.69, 9.17) is 9.47 Å². The third-order valence-electron chi connectivity index (χ3n) is 4.18. The molecule has 6 heteroatoms. The Hall–Kier alpha value is -3.02. The highest BCUT2D eigenvalue weighted by molar-refractivity contribution is 6.00. The van der Waals surface area contributed by atoms with Gasteiger partial charge in [0, 0.05) is 29.8 Å². The van der Waals surface area contributed by atoms with E-state index in [0.29, 0.717) is 11.3 Å². The average Bonchev–Trinajstić information content (AvgIpc) is 2.67. The molecule has 0 spiro atoms. The van der Waals surface area contributed by atoms with Crippen molar-refractivity contribution in [3.63, 3.8) is 0 Å². The maximum atomic E-state index is 12.9. The van der Waals surface area contributed by atoms with Crippen LogP contribution in [0.3, 0.4) is 0 Å². The first kappa shape index (κ1) is 22.3. The van der Waals surface area contributed by atoms with E-state index < -0.39 is 36.0 Å². The Morgan fingerprint density at radius 1 is 0.828 bits per heavy atom. The van der Waals surface area contributed by atoms with E-state index in [9.17, 15) is 14.4 Å². The zero-order valence-electron chi connectivity index (χ0n) is 17.2. The van der Waals surface area contributed by atoms with E-state index in [1.54, 1.807) is 76.4 Å².